The summed E-state index contributed by atoms with van der Waals surface area (Å²) in [6.45, 7) is 2.24. The van der Waals surface area contributed by atoms with Crippen molar-refractivity contribution in [3.63, 3.8) is 0 Å². The molecule has 9 nitrogen and oxygen atoms in total. The van der Waals surface area contributed by atoms with Gasteiger partial charge in [-0.05, 0) is 6.42 Å². The molecule has 11 heteroatoms. The molecule has 1 rings (SSSR count). The lowest BCUT2D eigenvalue weighted by Crippen LogP contribution is -2.42. The second-order valence-corrected chi connectivity index (χ2v) is 11.6. The van der Waals surface area contributed by atoms with Gasteiger partial charge in [-0.25, -0.2) is 0 Å². The monoisotopic (exact) mass is 411 g/mol. The van der Waals surface area contributed by atoms with E-state index in [0.29, 0.717) is 31.8 Å². The lowest BCUT2D eigenvalue weighted by molar-refractivity contribution is 0.100. The van der Waals surface area contributed by atoms with Crippen LogP contribution in [0.5, 0.6) is 0 Å². The number of ether oxygens (including phenoxy) is 2. The summed E-state index contributed by atoms with van der Waals surface area (Å²) in [7, 11) is 4.63. The normalized spacial score (nSPS) is 16.6. The first-order valence-electron chi connectivity index (χ1n) is 8.38. The van der Waals surface area contributed by atoms with Crippen molar-refractivity contribution >= 4 is 17.6 Å². The van der Waals surface area contributed by atoms with E-state index < -0.39 is 17.6 Å². The summed E-state index contributed by atoms with van der Waals surface area (Å²) in [5.41, 5.74) is 0. The van der Waals surface area contributed by atoms with Crippen LogP contribution in [-0.2, 0) is 36.0 Å². The van der Waals surface area contributed by atoms with Gasteiger partial charge in [-0.2, -0.15) is 5.26 Å². The maximum atomic E-state index is 8.32. The van der Waals surface area contributed by atoms with E-state index in [1.165, 1.54) is 21.3 Å². The molecule has 1 aliphatic heterocycles. The smallest absolute Gasteiger partial charge is 0.379 e. The summed E-state index contributed by atoms with van der Waals surface area (Å²) in [6.07, 6.45) is 1.62. The largest absolute Gasteiger partial charge is 0.501 e. The highest BCUT2D eigenvalue weighted by molar-refractivity contribution is 6.60. The van der Waals surface area contributed by atoms with Gasteiger partial charge in [0.2, 0.25) is 0 Å². The number of epoxide rings is 1. The molecule has 0 aromatic heterocycles. The molecule has 1 saturated heterocycles. The summed E-state index contributed by atoms with van der Waals surface area (Å²) < 4.78 is 41.6. The van der Waals surface area contributed by atoms with Gasteiger partial charge in [0.25, 0.3) is 0 Å². The van der Waals surface area contributed by atoms with Crippen LogP contribution in [0.2, 0.25) is 12.1 Å². The van der Waals surface area contributed by atoms with Crippen LogP contribution in [0.1, 0.15) is 12.8 Å². The van der Waals surface area contributed by atoms with Gasteiger partial charge in [0.15, 0.2) is 0 Å². The van der Waals surface area contributed by atoms with E-state index in [-0.39, 0.29) is 0 Å². The zero-order valence-electron chi connectivity index (χ0n) is 16.7. The van der Waals surface area contributed by atoms with Crippen molar-refractivity contribution in [2.45, 2.75) is 31.0 Å². The van der Waals surface area contributed by atoms with Crippen LogP contribution in [0, 0.1) is 11.3 Å². The average Bonchev–Trinajstić information content (AvgIpc) is 3.52. The number of hydrogen-bond donors (Lipinski definition) is 0. The van der Waals surface area contributed by atoms with Crippen molar-refractivity contribution in [2.75, 3.05) is 62.5 Å². The summed E-state index contributed by atoms with van der Waals surface area (Å²) in [4.78, 5) is 0. The van der Waals surface area contributed by atoms with E-state index in [9.17, 15) is 0 Å². The lowest BCUT2D eigenvalue weighted by atomic mass is 10.5. The van der Waals surface area contributed by atoms with Crippen LogP contribution >= 0.6 is 0 Å². The Morgan fingerprint density at radius 3 is 1.73 bits per heavy atom. The van der Waals surface area contributed by atoms with Gasteiger partial charge in [-0.15, -0.1) is 0 Å². The van der Waals surface area contributed by atoms with Crippen LogP contribution in [0.15, 0.2) is 0 Å². The van der Waals surface area contributed by atoms with Crippen LogP contribution < -0.4 is 0 Å². The fraction of sp³-hybridized carbons (Fsp3) is 0.933. The summed E-state index contributed by atoms with van der Waals surface area (Å²) in [5, 5.41) is 8.32. The molecule has 0 aliphatic carbocycles. The molecule has 1 unspecified atom stereocenters. The Bertz CT molecular complexity index is 368. The maximum absolute atomic E-state index is 8.32. The Hall–Kier alpha value is -0.396. The van der Waals surface area contributed by atoms with E-state index in [1.807, 2.05) is 6.07 Å². The first-order valence-corrected chi connectivity index (χ1v) is 12.2. The van der Waals surface area contributed by atoms with E-state index in [0.717, 1.165) is 19.1 Å². The van der Waals surface area contributed by atoms with Gasteiger partial charge in [0.1, 0.15) is 6.10 Å². The van der Waals surface area contributed by atoms with E-state index in [1.54, 1.807) is 21.3 Å². The second-order valence-electron chi connectivity index (χ2n) is 5.38. The zero-order valence-corrected chi connectivity index (χ0v) is 18.7. The molecule has 0 bridgehead atoms. The molecule has 0 saturated carbocycles. The molecule has 0 aromatic rings. The molecule has 0 radical (unpaired) electrons. The molecule has 0 aromatic carbocycles. The van der Waals surface area contributed by atoms with Crippen LogP contribution in [0.4, 0.5) is 0 Å². The van der Waals surface area contributed by atoms with E-state index in [2.05, 4.69) is 0 Å². The SMILES string of the molecule is CO[Si](CCC#N)(OC)OC.CO[Si](CCCOCC1CO1)(OC)OC. The standard InChI is InChI=1S/C9H20O5Si.C6H13NO3Si/c1-10-15(11-2,12-3)6-4-5-13-7-9-8-14-9;1-8-11(9-2,10-3)6-4-5-7/h9H,4-8H2,1-3H3;4,6H2,1-3H3. The summed E-state index contributed by atoms with van der Waals surface area (Å²) in [6, 6.07) is 3.35. The molecule has 0 spiro atoms. The zero-order chi connectivity index (χ0) is 19.9. The van der Waals surface area contributed by atoms with Gasteiger partial charge < -0.3 is 36.0 Å². The van der Waals surface area contributed by atoms with Crippen LogP contribution in [-0.4, -0.2) is 86.2 Å². The van der Waals surface area contributed by atoms with Gasteiger partial charge in [0.05, 0.1) is 19.3 Å². The summed E-state index contributed by atoms with van der Waals surface area (Å²) >= 11 is 0. The average molecular weight is 412 g/mol. The Morgan fingerprint density at radius 1 is 0.885 bits per heavy atom. The number of rotatable bonds is 14. The molecule has 1 fully saturated rings. The Morgan fingerprint density at radius 2 is 1.35 bits per heavy atom. The third kappa shape index (κ3) is 10.1. The first-order chi connectivity index (χ1) is 12.5. The highest BCUT2D eigenvalue weighted by atomic mass is 28.4. The van der Waals surface area contributed by atoms with Gasteiger partial charge in [-0.1, -0.05) is 0 Å². The second kappa shape index (κ2) is 14.6. The molecule has 1 aliphatic rings. The number of nitriles is 1. The molecule has 0 N–H and O–H groups in total. The van der Waals surface area contributed by atoms with E-state index in [4.69, 9.17) is 41.3 Å². The number of nitrogens with zero attached hydrogens (tertiary/aromatic N) is 1. The predicted molar refractivity (Wildman–Crippen MR) is 98.6 cm³/mol. The van der Waals surface area contributed by atoms with Crippen molar-refractivity contribution in [1.29, 1.82) is 5.26 Å². The molecular formula is C15H33NO8Si2. The summed E-state index contributed by atoms with van der Waals surface area (Å²) in [5.74, 6) is 0. The molecular weight excluding hydrogens is 378 g/mol. The fourth-order valence-corrected chi connectivity index (χ4v) is 5.31. The van der Waals surface area contributed by atoms with Gasteiger partial charge in [0, 0.05) is 67.8 Å². The van der Waals surface area contributed by atoms with Crippen molar-refractivity contribution in [3.05, 3.63) is 0 Å². The minimum atomic E-state index is -2.46. The minimum absolute atomic E-state index is 0.333. The molecule has 1 atom stereocenters. The van der Waals surface area contributed by atoms with Crippen molar-refractivity contribution in [2.24, 2.45) is 0 Å². The van der Waals surface area contributed by atoms with Gasteiger partial charge >= 0.3 is 17.6 Å². The quantitative estimate of drug-likeness (QED) is 0.239. The first kappa shape index (κ1) is 25.6. The minimum Gasteiger partial charge on any atom is -0.379 e. The molecule has 26 heavy (non-hydrogen) atoms. The number of hydrogen-bond acceptors (Lipinski definition) is 9. The van der Waals surface area contributed by atoms with Crippen molar-refractivity contribution in [3.8, 4) is 6.07 Å². The highest BCUT2D eigenvalue weighted by Gasteiger charge is 2.37. The van der Waals surface area contributed by atoms with E-state index >= 15 is 0 Å². The highest BCUT2D eigenvalue weighted by Crippen LogP contribution is 2.16. The molecule has 0 amide bonds. The van der Waals surface area contributed by atoms with Gasteiger partial charge in [-0.3, -0.25) is 0 Å². The Balaban J connectivity index is 0.000000508. The molecule has 1 heterocycles. The maximum Gasteiger partial charge on any atom is 0.501 e. The topological polar surface area (TPSA) is 101 Å². The fourth-order valence-electron chi connectivity index (χ4n) is 2.09. The van der Waals surface area contributed by atoms with Crippen molar-refractivity contribution in [1.82, 2.24) is 0 Å². The third-order valence-corrected chi connectivity index (χ3v) is 9.45. The van der Waals surface area contributed by atoms with Crippen molar-refractivity contribution < 1.29 is 36.0 Å². The van der Waals surface area contributed by atoms with Crippen LogP contribution in [0.3, 0.4) is 0 Å². The molecule has 154 valence electrons. The Labute approximate surface area is 159 Å². The third-order valence-electron chi connectivity index (χ3n) is 3.89. The lowest BCUT2D eigenvalue weighted by Gasteiger charge is -2.24. The Kier molecular flexibility index (Phi) is 14.4. The van der Waals surface area contributed by atoms with Crippen LogP contribution in [0.25, 0.3) is 0 Å². The predicted octanol–water partition coefficient (Wildman–Crippen LogP) is 1.45.